The van der Waals surface area contributed by atoms with Gasteiger partial charge >= 0.3 is 0 Å². The summed E-state index contributed by atoms with van der Waals surface area (Å²) < 4.78 is 13.0. The lowest BCUT2D eigenvalue weighted by atomic mass is 9.63. The summed E-state index contributed by atoms with van der Waals surface area (Å²) in [6, 6.07) is 4.43. The molecule has 4 aliphatic rings. The maximum Gasteiger partial charge on any atom is 0.175 e. The van der Waals surface area contributed by atoms with Crippen LogP contribution in [0.25, 0.3) is 0 Å². The zero-order valence-electron chi connectivity index (χ0n) is 25.3. The third-order valence-corrected chi connectivity index (χ3v) is 9.60. The van der Waals surface area contributed by atoms with E-state index in [0.29, 0.717) is 43.6 Å². The molecule has 1 aromatic carbocycles. The summed E-state index contributed by atoms with van der Waals surface area (Å²) in [5.74, 6) is 1.32. The molecule has 1 aromatic rings. The molecule has 0 unspecified atom stereocenters. The Kier molecular flexibility index (Phi) is 8.31. The van der Waals surface area contributed by atoms with E-state index in [-0.39, 0.29) is 28.3 Å². The van der Waals surface area contributed by atoms with Crippen molar-refractivity contribution in [3.05, 3.63) is 44.7 Å². The van der Waals surface area contributed by atoms with Gasteiger partial charge in [-0.1, -0.05) is 53.9 Å². The molecule has 0 atom stereocenters. The second kappa shape index (κ2) is 11.3. The van der Waals surface area contributed by atoms with Gasteiger partial charge in [0.2, 0.25) is 0 Å². The number of hydrogen-bond donors (Lipinski definition) is 0. The van der Waals surface area contributed by atoms with Gasteiger partial charge in [-0.3, -0.25) is 9.59 Å². The predicted molar refractivity (Wildman–Crippen MR) is 163 cm³/mol. The summed E-state index contributed by atoms with van der Waals surface area (Å²) in [7, 11) is 0. The van der Waals surface area contributed by atoms with Crippen LogP contribution in [0.4, 0.5) is 0 Å². The van der Waals surface area contributed by atoms with Crippen LogP contribution in [0, 0.1) is 10.8 Å². The summed E-state index contributed by atoms with van der Waals surface area (Å²) in [5.41, 5.74) is 4.72. The predicted octanol–water partition coefficient (Wildman–Crippen LogP) is 8.65. The number of ether oxygens (including phenoxy) is 2. The van der Waals surface area contributed by atoms with E-state index in [1.54, 1.807) is 0 Å². The highest BCUT2D eigenvalue weighted by Crippen LogP contribution is 2.56. The summed E-state index contributed by atoms with van der Waals surface area (Å²) in [6.07, 6.45) is 9.49. The first-order valence-corrected chi connectivity index (χ1v) is 16.2. The molecule has 1 fully saturated rings. The molecule has 0 aromatic heterocycles. The molecule has 0 bridgehead atoms. The number of halogens is 1. The van der Waals surface area contributed by atoms with Gasteiger partial charge in [0.05, 0.1) is 17.7 Å². The van der Waals surface area contributed by atoms with Crippen LogP contribution >= 0.6 is 15.9 Å². The van der Waals surface area contributed by atoms with Crippen molar-refractivity contribution in [3.63, 3.8) is 0 Å². The molecule has 0 N–H and O–H groups in total. The van der Waals surface area contributed by atoms with Crippen molar-refractivity contribution in [3.8, 4) is 11.5 Å². The Morgan fingerprint density at radius 1 is 0.850 bits per heavy atom. The van der Waals surface area contributed by atoms with E-state index in [9.17, 15) is 9.59 Å². The highest BCUT2D eigenvalue weighted by Gasteiger charge is 2.50. The number of hydrogen-bond acceptors (Lipinski definition) is 5. The van der Waals surface area contributed by atoms with E-state index in [2.05, 4.69) is 61.5 Å². The van der Waals surface area contributed by atoms with E-state index >= 15 is 0 Å². The first-order chi connectivity index (χ1) is 19.0. The van der Waals surface area contributed by atoms with E-state index in [1.165, 1.54) is 30.7 Å². The molecule has 1 heterocycles. The Labute approximate surface area is 248 Å². The number of benzene rings is 1. The second-order valence-electron chi connectivity index (χ2n) is 13.8. The maximum absolute atomic E-state index is 14.2. The second-order valence-corrected chi connectivity index (χ2v) is 14.7. The van der Waals surface area contributed by atoms with Crippen LogP contribution in [0.2, 0.25) is 0 Å². The standard InChI is InChI=1S/C34H46BrNO4/c1-7-14-40-32-23(35)15-21(16-28(32)39-8-2)29-30-24(17-33(3,4)19-26(30)37)36(22-12-10-9-11-13-22)25-18-34(5,6)20-27(38)31(25)29/h15-16,22,29H,7-14,17-20H2,1-6H3. The van der Waals surface area contributed by atoms with Gasteiger partial charge in [0.1, 0.15) is 0 Å². The molecule has 1 saturated carbocycles. The largest absolute Gasteiger partial charge is 0.490 e. The molecule has 1 aliphatic heterocycles. The van der Waals surface area contributed by atoms with Crippen LogP contribution in [-0.4, -0.2) is 35.7 Å². The molecule has 0 radical (unpaired) electrons. The van der Waals surface area contributed by atoms with Crippen molar-refractivity contribution in [2.75, 3.05) is 13.2 Å². The average molecular weight is 613 g/mol. The number of rotatable bonds is 7. The third kappa shape index (κ3) is 5.54. The Morgan fingerprint density at radius 2 is 1.43 bits per heavy atom. The monoisotopic (exact) mass is 611 g/mol. The van der Waals surface area contributed by atoms with Crippen molar-refractivity contribution in [2.24, 2.45) is 10.8 Å². The zero-order chi connectivity index (χ0) is 28.8. The topological polar surface area (TPSA) is 55.8 Å². The van der Waals surface area contributed by atoms with Gasteiger partial charge in [-0.2, -0.15) is 0 Å². The highest BCUT2D eigenvalue weighted by atomic mass is 79.9. The Morgan fingerprint density at radius 3 is 1.95 bits per heavy atom. The van der Waals surface area contributed by atoms with Crippen molar-refractivity contribution in [1.29, 1.82) is 0 Å². The SMILES string of the molecule is CCCOc1c(Br)cc(C2C3=C(CC(C)(C)CC3=O)N(C3CCCCC3)C3=C2C(=O)CC(C)(C)C3)cc1OCC. The van der Waals surface area contributed by atoms with Crippen LogP contribution in [0.1, 0.15) is 117 Å². The van der Waals surface area contributed by atoms with E-state index < -0.39 is 0 Å². The molecule has 6 heteroatoms. The van der Waals surface area contributed by atoms with Gasteiger partial charge < -0.3 is 14.4 Å². The van der Waals surface area contributed by atoms with Crippen LogP contribution in [0.5, 0.6) is 11.5 Å². The van der Waals surface area contributed by atoms with Crippen molar-refractivity contribution in [2.45, 2.75) is 118 Å². The number of carbonyl (C=O) groups excluding carboxylic acids is 2. The minimum Gasteiger partial charge on any atom is -0.490 e. The molecule has 218 valence electrons. The van der Waals surface area contributed by atoms with E-state index in [0.717, 1.165) is 53.3 Å². The average Bonchev–Trinajstić information content (AvgIpc) is 2.86. The summed E-state index contributed by atoms with van der Waals surface area (Å²) >= 11 is 3.76. The number of ketones is 2. The fraction of sp³-hybridized carbons (Fsp3) is 0.647. The molecule has 0 spiro atoms. The minimum atomic E-state index is -0.382. The lowest BCUT2D eigenvalue weighted by Crippen LogP contribution is -2.48. The lowest BCUT2D eigenvalue weighted by Gasteiger charge is -2.52. The van der Waals surface area contributed by atoms with Gasteiger partial charge in [0, 0.05) is 47.3 Å². The number of nitrogens with zero attached hydrogens (tertiary/aromatic N) is 1. The Bertz CT molecular complexity index is 1200. The van der Waals surface area contributed by atoms with Crippen molar-refractivity contribution >= 4 is 27.5 Å². The normalized spacial score (nSPS) is 23.3. The van der Waals surface area contributed by atoms with Crippen LogP contribution in [0.15, 0.2) is 39.1 Å². The quantitative estimate of drug-likeness (QED) is 0.309. The van der Waals surface area contributed by atoms with Crippen LogP contribution < -0.4 is 9.47 Å². The van der Waals surface area contributed by atoms with Gasteiger partial charge in [-0.15, -0.1) is 0 Å². The van der Waals surface area contributed by atoms with Gasteiger partial charge in [0.15, 0.2) is 23.1 Å². The van der Waals surface area contributed by atoms with Gasteiger partial charge in [-0.25, -0.2) is 0 Å². The van der Waals surface area contributed by atoms with E-state index in [1.807, 2.05) is 13.0 Å². The van der Waals surface area contributed by atoms with Crippen LogP contribution in [0.3, 0.4) is 0 Å². The number of carbonyl (C=O) groups is 2. The fourth-order valence-electron chi connectivity index (χ4n) is 7.47. The van der Waals surface area contributed by atoms with Crippen molar-refractivity contribution < 1.29 is 19.1 Å². The lowest BCUT2D eigenvalue weighted by molar-refractivity contribution is -0.119. The molecule has 0 amide bonds. The zero-order valence-corrected chi connectivity index (χ0v) is 26.8. The molecule has 40 heavy (non-hydrogen) atoms. The molecule has 5 rings (SSSR count). The van der Waals surface area contributed by atoms with Gasteiger partial charge in [-0.05, 0) is 83.5 Å². The Hall–Kier alpha value is -2.08. The summed E-state index contributed by atoms with van der Waals surface area (Å²) in [5, 5.41) is 0. The first-order valence-electron chi connectivity index (χ1n) is 15.4. The Balaban J connectivity index is 1.76. The summed E-state index contributed by atoms with van der Waals surface area (Å²) in [4.78, 5) is 30.9. The third-order valence-electron chi connectivity index (χ3n) is 9.01. The fourth-order valence-corrected chi connectivity index (χ4v) is 8.05. The van der Waals surface area contributed by atoms with Crippen LogP contribution in [-0.2, 0) is 9.59 Å². The molecular formula is C34H46BrNO4. The molecule has 3 aliphatic carbocycles. The maximum atomic E-state index is 14.2. The molecule has 5 nitrogen and oxygen atoms in total. The number of allylic oxidation sites excluding steroid dienone is 4. The number of Topliss-reactive ketones (excluding diaryl/α,β-unsaturated/α-hetero) is 2. The molecule has 0 saturated heterocycles. The smallest absolute Gasteiger partial charge is 0.175 e. The first kappa shape index (κ1) is 29.4. The van der Waals surface area contributed by atoms with Gasteiger partial charge in [0.25, 0.3) is 0 Å². The van der Waals surface area contributed by atoms with Crippen molar-refractivity contribution in [1.82, 2.24) is 4.90 Å². The molecular weight excluding hydrogens is 566 g/mol. The van der Waals surface area contributed by atoms with E-state index in [4.69, 9.17) is 9.47 Å². The highest BCUT2D eigenvalue weighted by molar-refractivity contribution is 9.10. The summed E-state index contributed by atoms with van der Waals surface area (Å²) in [6.45, 7) is 14.0. The minimum absolute atomic E-state index is 0.117.